The van der Waals surface area contributed by atoms with E-state index in [0.29, 0.717) is 11.8 Å². The van der Waals surface area contributed by atoms with Crippen molar-refractivity contribution >= 4 is 10.8 Å². The second-order valence-corrected chi connectivity index (χ2v) is 6.19. The lowest BCUT2D eigenvalue weighted by Crippen LogP contribution is -1.95. The third kappa shape index (κ3) is 2.68. The first-order valence-corrected chi connectivity index (χ1v) is 7.51. The van der Waals surface area contributed by atoms with Crippen LogP contribution in [0, 0.1) is 0 Å². The van der Waals surface area contributed by atoms with Crippen molar-refractivity contribution < 1.29 is 0 Å². The average Bonchev–Trinajstić information content (AvgIpc) is 2.96. The van der Waals surface area contributed by atoms with Gasteiger partial charge in [0.15, 0.2) is 0 Å². The number of hydrogen-bond donors (Lipinski definition) is 0. The van der Waals surface area contributed by atoms with Crippen molar-refractivity contribution in [3.8, 4) is 5.69 Å². The third-order valence-corrected chi connectivity index (χ3v) is 3.88. The first kappa shape index (κ1) is 13.8. The zero-order valence-electron chi connectivity index (χ0n) is 13.0. The average molecular weight is 279 g/mol. The number of nitrogens with zero attached hydrogens (tertiary/aromatic N) is 3. The predicted molar refractivity (Wildman–Crippen MR) is 87.0 cm³/mol. The van der Waals surface area contributed by atoms with Crippen LogP contribution in [-0.4, -0.2) is 15.0 Å². The maximum absolute atomic E-state index is 4.23. The molecule has 3 heteroatoms. The molecule has 0 amide bonds. The van der Waals surface area contributed by atoms with Gasteiger partial charge in [-0.1, -0.05) is 57.2 Å². The number of hydrogen-bond acceptors (Lipinski definition) is 2. The van der Waals surface area contributed by atoms with Crippen LogP contribution < -0.4 is 0 Å². The quantitative estimate of drug-likeness (QED) is 0.697. The minimum absolute atomic E-state index is 0.396. The van der Waals surface area contributed by atoms with E-state index < -0.39 is 0 Å². The highest BCUT2D eigenvalue weighted by atomic mass is 15.4. The van der Waals surface area contributed by atoms with E-state index in [1.165, 1.54) is 16.3 Å². The van der Waals surface area contributed by atoms with E-state index in [2.05, 4.69) is 74.4 Å². The molecule has 0 saturated heterocycles. The molecule has 0 spiro atoms. The van der Waals surface area contributed by atoms with Gasteiger partial charge in [0.1, 0.15) is 0 Å². The van der Waals surface area contributed by atoms with Gasteiger partial charge in [-0.25, -0.2) is 4.68 Å². The lowest BCUT2D eigenvalue weighted by atomic mass is 9.99. The number of fused-ring (bicyclic) bond motifs is 1. The summed E-state index contributed by atoms with van der Waals surface area (Å²) in [6.45, 7) is 8.70. The van der Waals surface area contributed by atoms with E-state index >= 15 is 0 Å². The van der Waals surface area contributed by atoms with Crippen LogP contribution >= 0.6 is 0 Å². The molecule has 0 aliphatic carbocycles. The smallest absolute Gasteiger partial charge is 0.0857 e. The molecule has 2 aromatic carbocycles. The van der Waals surface area contributed by atoms with E-state index in [4.69, 9.17) is 0 Å². The van der Waals surface area contributed by atoms with Gasteiger partial charge in [-0.15, -0.1) is 5.10 Å². The van der Waals surface area contributed by atoms with Crippen molar-refractivity contribution in [3.63, 3.8) is 0 Å². The molecule has 0 atom stereocenters. The fourth-order valence-corrected chi connectivity index (χ4v) is 2.42. The lowest BCUT2D eigenvalue weighted by Gasteiger charge is -2.08. The van der Waals surface area contributed by atoms with E-state index in [1.54, 1.807) is 0 Å². The van der Waals surface area contributed by atoms with Gasteiger partial charge in [-0.3, -0.25) is 0 Å². The van der Waals surface area contributed by atoms with Crippen LogP contribution in [0.5, 0.6) is 0 Å². The summed E-state index contributed by atoms with van der Waals surface area (Å²) < 4.78 is 1.85. The monoisotopic (exact) mass is 279 g/mol. The fourth-order valence-electron chi connectivity index (χ4n) is 2.42. The van der Waals surface area contributed by atoms with E-state index in [-0.39, 0.29) is 0 Å². The maximum atomic E-state index is 4.23. The summed E-state index contributed by atoms with van der Waals surface area (Å²) in [6.07, 6.45) is 2.01. The highest BCUT2D eigenvalue weighted by Gasteiger charge is 2.07. The summed E-state index contributed by atoms with van der Waals surface area (Å²) in [6, 6.07) is 13.1. The first-order chi connectivity index (χ1) is 10.0. The molecule has 0 bridgehead atoms. The van der Waals surface area contributed by atoms with Crippen LogP contribution in [0.15, 0.2) is 42.6 Å². The highest BCUT2D eigenvalue weighted by molar-refractivity contribution is 5.85. The molecule has 3 rings (SSSR count). The van der Waals surface area contributed by atoms with Crippen molar-refractivity contribution in [3.05, 3.63) is 53.9 Å². The number of aromatic nitrogens is 3. The van der Waals surface area contributed by atoms with Crippen LogP contribution in [0.1, 0.15) is 50.8 Å². The second kappa shape index (κ2) is 5.32. The molecule has 1 aromatic heterocycles. The van der Waals surface area contributed by atoms with Gasteiger partial charge in [0.05, 0.1) is 17.6 Å². The largest absolute Gasteiger partial charge is 0.220 e. The SMILES string of the molecule is CC(C)c1ccc2cc(-n3cc(C(C)C)nn3)ccc2c1. The van der Waals surface area contributed by atoms with Crippen LogP contribution in [0.25, 0.3) is 16.5 Å². The van der Waals surface area contributed by atoms with Gasteiger partial charge in [0, 0.05) is 0 Å². The van der Waals surface area contributed by atoms with Gasteiger partial charge in [-0.05, 0) is 40.3 Å². The van der Waals surface area contributed by atoms with Gasteiger partial charge in [0.2, 0.25) is 0 Å². The van der Waals surface area contributed by atoms with Crippen LogP contribution in [0.4, 0.5) is 0 Å². The molecule has 0 saturated carbocycles. The summed E-state index contributed by atoms with van der Waals surface area (Å²) in [5.74, 6) is 0.950. The van der Waals surface area contributed by atoms with Gasteiger partial charge >= 0.3 is 0 Å². The molecular formula is C18H21N3. The molecule has 0 unspecified atom stereocenters. The second-order valence-electron chi connectivity index (χ2n) is 6.19. The van der Waals surface area contributed by atoms with Gasteiger partial charge in [0.25, 0.3) is 0 Å². The van der Waals surface area contributed by atoms with Crippen molar-refractivity contribution in [2.45, 2.75) is 39.5 Å². The minimum atomic E-state index is 0.396. The Morgan fingerprint density at radius 1 is 0.857 bits per heavy atom. The summed E-state index contributed by atoms with van der Waals surface area (Å²) in [5, 5.41) is 11.0. The Bertz CT molecular complexity index is 769. The summed E-state index contributed by atoms with van der Waals surface area (Å²) in [5.41, 5.74) is 3.45. The molecule has 0 fully saturated rings. The Morgan fingerprint density at radius 3 is 2.24 bits per heavy atom. The highest BCUT2D eigenvalue weighted by Crippen LogP contribution is 2.23. The summed E-state index contributed by atoms with van der Waals surface area (Å²) in [7, 11) is 0. The standard InChI is InChI=1S/C18H21N3/c1-12(2)14-5-6-16-10-17(8-7-15(16)9-14)21-11-18(13(3)4)19-20-21/h5-13H,1-4H3. The molecule has 0 aliphatic heterocycles. The Morgan fingerprint density at radius 2 is 1.57 bits per heavy atom. The molecule has 3 aromatic rings. The van der Waals surface area contributed by atoms with E-state index in [1.807, 2.05) is 10.9 Å². The van der Waals surface area contributed by atoms with Crippen LogP contribution in [0.2, 0.25) is 0 Å². The molecule has 0 aliphatic rings. The fraction of sp³-hybridized carbons (Fsp3) is 0.333. The van der Waals surface area contributed by atoms with Crippen molar-refractivity contribution in [1.29, 1.82) is 0 Å². The predicted octanol–water partition coefficient (Wildman–Crippen LogP) is 4.67. The lowest BCUT2D eigenvalue weighted by molar-refractivity contribution is 0.776. The Kier molecular flexibility index (Phi) is 3.50. The molecule has 0 radical (unpaired) electrons. The first-order valence-electron chi connectivity index (χ1n) is 7.51. The number of rotatable bonds is 3. The molecule has 3 nitrogen and oxygen atoms in total. The Balaban J connectivity index is 2.02. The molecule has 108 valence electrons. The van der Waals surface area contributed by atoms with Gasteiger partial charge < -0.3 is 0 Å². The van der Waals surface area contributed by atoms with E-state index in [0.717, 1.165) is 11.4 Å². The van der Waals surface area contributed by atoms with Crippen molar-refractivity contribution in [1.82, 2.24) is 15.0 Å². The van der Waals surface area contributed by atoms with Crippen LogP contribution in [-0.2, 0) is 0 Å². The van der Waals surface area contributed by atoms with Crippen LogP contribution in [0.3, 0.4) is 0 Å². The third-order valence-electron chi connectivity index (χ3n) is 3.88. The summed E-state index contributed by atoms with van der Waals surface area (Å²) in [4.78, 5) is 0. The molecular weight excluding hydrogens is 258 g/mol. The van der Waals surface area contributed by atoms with Gasteiger partial charge in [-0.2, -0.15) is 0 Å². The Hall–Kier alpha value is -2.16. The normalized spacial score (nSPS) is 11.7. The maximum Gasteiger partial charge on any atom is 0.0857 e. The Labute approximate surface area is 125 Å². The van der Waals surface area contributed by atoms with Crippen molar-refractivity contribution in [2.24, 2.45) is 0 Å². The zero-order valence-corrected chi connectivity index (χ0v) is 13.0. The molecule has 21 heavy (non-hydrogen) atoms. The minimum Gasteiger partial charge on any atom is -0.220 e. The molecule has 1 heterocycles. The topological polar surface area (TPSA) is 30.7 Å². The molecule has 0 N–H and O–H groups in total. The van der Waals surface area contributed by atoms with Crippen molar-refractivity contribution in [2.75, 3.05) is 0 Å². The van der Waals surface area contributed by atoms with E-state index in [9.17, 15) is 0 Å². The summed E-state index contributed by atoms with van der Waals surface area (Å²) >= 11 is 0. The zero-order chi connectivity index (χ0) is 15.0. The number of benzene rings is 2.